The SMILES string of the molecule is Cc1cc(NC(CO)CC(C)C)ccc1[N+](=O)[O-]. The molecule has 0 aromatic heterocycles. The fourth-order valence-corrected chi connectivity index (χ4v) is 1.93. The van der Waals surface area contributed by atoms with Crippen molar-refractivity contribution in [2.75, 3.05) is 11.9 Å². The standard InChI is InChI=1S/C13H20N2O3/c1-9(2)6-12(8-16)14-11-4-5-13(15(17)18)10(3)7-11/h4-5,7,9,12,14,16H,6,8H2,1-3H3. The molecule has 0 amide bonds. The van der Waals surface area contributed by atoms with Crippen molar-refractivity contribution in [3.05, 3.63) is 33.9 Å². The summed E-state index contributed by atoms with van der Waals surface area (Å²) in [5.41, 5.74) is 1.54. The van der Waals surface area contributed by atoms with Gasteiger partial charge in [-0.1, -0.05) is 13.8 Å². The van der Waals surface area contributed by atoms with Gasteiger partial charge in [0, 0.05) is 23.4 Å². The Morgan fingerprint density at radius 3 is 2.56 bits per heavy atom. The van der Waals surface area contributed by atoms with Crippen LogP contribution in [0.4, 0.5) is 11.4 Å². The van der Waals surface area contributed by atoms with E-state index in [0.717, 1.165) is 12.1 Å². The van der Waals surface area contributed by atoms with Crippen molar-refractivity contribution in [3.63, 3.8) is 0 Å². The number of rotatable bonds is 6. The van der Waals surface area contributed by atoms with Crippen LogP contribution in [0.15, 0.2) is 18.2 Å². The highest BCUT2D eigenvalue weighted by molar-refractivity contribution is 5.54. The smallest absolute Gasteiger partial charge is 0.272 e. The topological polar surface area (TPSA) is 75.4 Å². The van der Waals surface area contributed by atoms with Crippen molar-refractivity contribution >= 4 is 11.4 Å². The maximum absolute atomic E-state index is 10.7. The molecule has 1 rings (SSSR count). The van der Waals surface area contributed by atoms with E-state index in [0.29, 0.717) is 11.5 Å². The number of nitrogens with one attached hydrogen (secondary N) is 1. The van der Waals surface area contributed by atoms with Crippen molar-refractivity contribution in [2.24, 2.45) is 5.92 Å². The molecule has 0 fully saturated rings. The normalized spacial score (nSPS) is 12.5. The summed E-state index contributed by atoms with van der Waals surface area (Å²) in [7, 11) is 0. The van der Waals surface area contributed by atoms with Gasteiger partial charge in [-0.05, 0) is 31.4 Å². The molecule has 0 saturated heterocycles. The summed E-state index contributed by atoms with van der Waals surface area (Å²) in [5, 5.41) is 23.2. The van der Waals surface area contributed by atoms with Gasteiger partial charge in [0.1, 0.15) is 0 Å². The van der Waals surface area contributed by atoms with E-state index in [-0.39, 0.29) is 18.3 Å². The molecule has 1 aromatic carbocycles. The first kappa shape index (κ1) is 14.4. The van der Waals surface area contributed by atoms with Crippen molar-refractivity contribution in [1.29, 1.82) is 0 Å². The molecule has 1 atom stereocenters. The number of aryl methyl sites for hydroxylation is 1. The molecule has 0 bridgehead atoms. The number of anilines is 1. The lowest BCUT2D eigenvalue weighted by Crippen LogP contribution is -2.25. The summed E-state index contributed by atoms with van der Waals surface area (Å²) in [5.74, 6) is 0.480. The number of benzene rings is 1. The summed E-state index contributed by atoms with van der Waals surface area (Å²) >= 11 is 0. The average Bonchev–Trinajstić information content (AvgIpc) is 2.27. The monoisotopic (exact) mass is 252 g/mol. The highest BCUT2D eigenvalue weighted by Crippen LogP contribution is 2.22. The van der Waals surface area contributed by atoms with Crippen LogP contribution in [-0.2, 0) is 0 Å². The van der Waals surface area contributed by atoms with Gasteiger partial charge in [-0.25, -0.2) is 0 Å². The van der Waals surface area contributed by atoms with Crippen molar-refractivity contribution in [2.45, 2.75) is 33.2 Å². The molecule has 0 aliphatic heterocycles. The average molecular weight is 252 g/mol. The van der Waals surface area contributed by atoms with Crippen molar-refractivity contribution in [1.82, 2.24) is 0 Å². The van der Waals surface area contributed by atoms with E-state index >= 15 is 0 Å². The van der Waals surface area contributed by atoms with Crippen LogP contribution in [0.1, 0.15) is 25.8 Å². The lowest BCUT2D eigenvalue weighted by atomic mass is 10.0. The molecule has 0 radical (unpaired) electrons. The molecule has 5 heteroatoms. The van der Waals surface area contributed by atoms with Crippen LogP contribution in [0.2, 0.25) is 0 Å². The fraction of sp³-hybridized carbons (Fsp3) is 0.538. The van der Waals surface area contributed by atoms with Gasteiger partial charge in [0.05, 0.1) is 11.5 Å². The van der Waals surface area contributed by atoms with E-state index in [4.69, 9.17) is 0 Å². The molecule has 5 nitrogen and oxygen atoms in total. The van der Waals surface area contributed by atoms with Gasteiger partial charge in [-0.15, -0.1) is 0 Å². The van der Waals surface area contributed by atoms with Crippen LogP contribution in [-0.4, -0.2) is 22.7 Å². The zero-order valence-electron chi connectivity index (χ0n) is 11.0. The number of aliphatic hydroxyl groups excluding tert-OH is 1. The van der Waals surface area contributed by atoms with Crippen LogP contribution in [0.3, 0.4) is 0 Å². The summed E-state index contributed by atoms with van der Waals surface area (Å²) in [6.07, 6.45) is 0.854. The highest BCUT2D eigenvalue weighted by atomic mass is 16.6. The molecule has 0 aliphatic carbocycles. The summed E-state index contributed by atoms with van der Waals surface area (Å²) in [6, 6.07) is 4.88. The summed E-state index contributed by atoms with van der Waals surface area (Å²) in [6.45, 7) is 5.94. The van der Waals surface area contributed by atoms with Gasteiger partial charge in [-0.2, -0.15) is 0 Å². The highest BCUT2D eigenvalue weighted by Gasteiger charge is 2.13. The van der Waals surface area contributed by atoms with Crippen LogP contribution in [0.25, 0.3) is 0 Å². The number of nitrogens with zero attached hydrogens (tertiary/aromatic N) is 1. The molecule has 1 aromatic rings. The van der Waals surface area contributed by atoms with Gasteiger partial charge in [0.25, 0.3) is 5.69 Å². The lowest BCUT2D eigenvalue weighted by molar-refractivity contribution is -0.385. The van der Waals surface area contributed by atoms with Gasteiger partial charge in [-0.3, -0.25) is 10.1 Å². The second-order valence-electron chi connectivity index (χ2n) is 4.91. The Bertz CT molecular complexity index is 419. The molecule has 18 heavy (non-hydrogen) atoms. The minimum absolute atomic E-state index is 0.0224. The zero-order valence-corrected chi connectivity index (χ0v) is 11.0. The Morgan fingerprint density at radius 1 is 1.44 bits per heavy atom. The molecular formula is C13H20N2O3. The van der Waals surface area contributed by atoms with Gasteiger partial charge in [0.2, 0.25) is 0 Å². The van der Waals surface area contributed by atoms with Crippen LogP contribution < -0.4 is 5.32 Å². The maximum Gasteiger partial charge on any atom is 0.272 e. The second kappa shape index (κ2) is 6.35. The van der Waals surface area contributed by atoms with Crippen LogP contribution in [0, 0.1) is 23.0 Å². The number of nitro benzene ring substituents is 1. The van der Waals surface area contributed by atoms with Gasteiger partial charge in [0.15, 0.2) is 0 Å². The molecule has 0 heterocycles. The second-order valence-corrected chi connectivity index (χ2v) is 4.91. The molecule has 1 unspecified atom stereocenters. The molecule has 2 N–H and O–H groups in total. The minimum atomic E-state index is -0.392. The van der Waals surface area contributed by atoms with E-state index in [1.54, 1.807) is 19.1 Å². The first-order valence-corrected chi connectivity index (χ1v) is 6.06. The van der Waals surface area contributed by atoms with E-state index in [2.05, 4.69) is 19.2 Å². The molecule has 0 aliphatic rings. The Kier molecular flexibility index (Phi) is 5.09. The first-order valence-electron chi connectivity index (χ1n) is 6.06. The number of hydrogen-bond donors (Lipinski definition) is 2. The van der Waals surface area contributed by atoms with Crippen molar-refractivity contribution in [3.8, 4) is 0 Å². The maximum atomic E-state index is 10.7. The number of nitro groups is 1. The van der Waals surface area contributed by atoms with E-state index in [1.165, 1.54) is 6.07 Å². The van der Waals surface area contributed by atoms with E-state index in [1.807, 2.05) is 0 Å². The van der Waals surface area contributed by atoms with Crippen molar-refractivity contribution < 1.29 is 10.0 Å². The summed E-state index contributed by atoms with van der Waals surface area (Å²) in [4.78, 5) is 10.3. The first-order chi connectivity index (χ1) is 8.43. The van der Waals surface area contributed by atoms with Gasteiger partial charge >= 0.3 is 0 Å². The number of hydrogen-bond acceptors (Lipinski definition) is 4. The Hall–Kier alpha value is -1.62. The Labute approximate surface area is 107 Å². The quantitative estimate of drug-likeness (QED) is 0.603. The molecule has 0 saturated carbocycles. The summed E-state index contributed by atoms with van der Waals surface area (Å²) < 4.78 is 0. The Morgan fingerprint density at radius 2 is 2.11 bits per heavy atom. The predicted octanol–water partition coefficient (Wildman–Crippen LogP) is 2.72. The number of aliphatic hydroxyl groups is 1. The lowest BCUT2D eigenvalue weighted by Gasteiger charge is -2.19. The van der Waals surface area contributed by atoms with Gasteiger partial charge < -0.3 is 10.4 Å². The van der Waals surface area contributed by atoms with Crippen LogP contribution in [0.5, 0.6) is 0 Å². The zero-order chi connectivity index (χ0) is 13.7. The van der Waals surface area contributed by atoms with E-state index in [9.17, 15) is 15.2 Å². The third kappa shape index (κ3) is 4.00. The third-order valence-electron chi connectivity index (χ3n) is 2.74. The predicted molar refractivity (Wildman–Crippen MR) is 71.8 cm³/mol. The largest absolute Gasteiger partial charge is 0.394 e. The fourth-order valence-electron chi connectivity index (χ4n) is 1.93. The third-order valence-corrected chi connectivity index (χ3v) is 2.74. The molecular weight excluding hydrogens is 232 g/mol. The molecule has 100 valence electrons. The Balaban J connectivity index is 2.78. The van der Waals surface area contributed by atoms with E-state index < -0.39 is 4.92 Å². The molecule has 0 spiro atoms. The van der Waals surface area contributed by atoms with Crippen LogP contribution >= 0.6 is 0 Å². The minimum Gasteiger partial charge on any atom is -0.394 e.